The molecule has 0 atom stereocenters. The average Bonchev–Trinajstić information content (AvgIpc) is 3.72. The molecule has 4 rings (SSSR count). The number of benzene rings is 2. The van der Waals surface area contributed by atoms with Crippen LogP contribution >= 0.6 is 0 Å². The summed E-state index contributed by atoms with van der Waals surface area (Å²) >= 11 is 0. The van der Waals surface area contributed by atoms with Crippen LogP contribution in [-0.4, -0.2) is 38.4 Å². The Bertz CT molecular complexity index is 2080. The van der Waals surface area contributed by atoms with E-state index < -0.39 is 0 Å². The van der Waals surface area contributed by atoms with Crippen molar-refractivity contribution in [1.29, 1.82) is 0 Å². The first-order valence-electron chi connectivity index (χ1n) is 19.0. The van der Waals surface area contributed by atoms with Crippen LogP contribution in [0.1, 0.15) is 87.5 Å². The van der Waals surface area contributed by atoms with Crippen LogP contribution in [0.4, 0.5) is 0 Å². The maximum absolute atomic E-state index is 12.5. The first kappa shape index (κ1) is 52.5. The van der Waals surface area contributed by atoms with Gasteiger partial charge in [0.05, 0.1) is 17.3 Å². The Morgan fingerprint density at radius 1 is 0.655 bits per heavy atom. The summed E-state index contributed by atoms with van der Waals surface area (Å²) in [6.07, 6.45) is 13.2. The molecule has 10 heteroatoms. The van der Waals surface area contributed by atoms with E-state index in [2.05, 4.69) is 60.9 Å². The van der Waals surface area contributed by atoms with Crippen LogP contribution in [0, 0.1) is 43.1 Å². The molecule has 0 aliphatic heterocycles. The van der Waals surface area contributed by atoms with Crippen LogP contribution in [0.2, 0.25) is 0 Å². The summed E-state index contributed by atoms with van der Waals surface area (Å²) in [6.45, 7) is 27.2. The number of aromatic nitrogens is 2. The van der Waals surface area contributed by atoms with Gasteiger partial charge in [-0.2, -0.15) is 0 Å². The molecule has 8 nitrogen and oxygen atoms in total. The molecule has 0 saturated heterocycles. The number of ketones is 3. The molecule has 0 fully saturated rings. The number of hydrogen-bond donors (Lipinski definition) is 2. The fourth-order valence-corrected chi connectivity index (χ4v) is 5.65. The predicted octanol–water partition coefficient (Wildman–Crippen LogP) is 8.83. The summed E-state index contributed by atoms with van der Waals surface area (Å²) < 4.78 is 3.62. The van der Waals surface area contributed by atoms with E-state index >= 15 is 0 Å². The number of nitrogens with one attached hydrogen (secondary N) is 2. The van der Waals surface area contributed by atoms with E-state index in [1.54, 1.807) is 18.4 Å². The number of rotatable bonds is 17. The van der Waals surface area contributed by atoms with Crippen molar-refractivity contribution in [1.82, 2.24) is 19.8 Å². The van der Waals surface area contributed by atoms with Crippen molar-refractivity contribution in [2.75, 3.05) is 0 Å². The zero-order valence-electron chi connectivity index (χ0n) is 35.6. The first-order chi connectivity index (χ1) is 26.3. The largest absolute Gasteiger partial charge is 0.495 e. The minimum atomic E-state index is -0.335. The van der Waals surface area contributed by atoms with E-state index in [9.17, 15) is 19.2 Å². The number of aryl methyl sites for hydroxylation is 2. The second-order valence-corrected chi connectivity index (χ2v) is 15.3. The molecule has 0 aliphatic rings. The van der Waals surface area contributed by atoms with Gasteiger partial charge < -0.3 is 66.8 Å². The van der Waals surface area contributed by atoms with E-state index in [0.29, 0.717) is 23.0 Å². The molecular formula is C48H56N4O4Y2-4. The van der Waals surface area contributed by atoms with Crippen LogP contribution < -0.4 is 10.6 Å². The zero-order chi connectivity index (χ0) is 41.7. The van der Waals surface area contributed by atoms with Gasteiger partial charge in [-0.3, -0.25) is 21.0 Å². The van der Waals surface area contributed by atoms with Crippen LogP contribution in [0.3, 0.4) is 0 Å². The third-order valence-electron chi connectivity index (χ3n) is 8.60. The first-order valence-corrected chi connectivity index (χ1v) is 19.0. The standard InChI is InChI=1S/2C24H28N2O2.2Y/c1-16(2)24(28)23-14-21(15-26(23)6)20-10-8-19(9-11-20)13-22(27)12-7-18(5)25-17(3)4;1-16(2)13-19-8-10-20(11-9-19)21-14-22(26(6)15-21)24(28)25-18(5)7-12-23(27)17(3)4;;/h5,7-11,14-17,25H,13H2,1-4,6H3;5,7-11,14-17H,13H2,1-4,6H3,(H,25,28);;/q2*-2;;. The fraction of sp³-hybridized carbons (Fsp3) is 0.333. The molecule has 2 N–H and O–H groups in total. The summed E-state index contributed by atoms with van der Waals surface area (Å²) in [6, 6.07) is 20.1. The number of Topliss-reactive ketones (excluding diaryl/α,β-unsaturated/α-hetero) is 3. The van der Waals surface area contributed by atoms with Gasteiger partial charge in [-0.05, 0) is 66.5 Å². The van der Waals surface area contributed by atoms with Crippen molar-refractivity contribution in [3.8, 4) is 22.3 Å². The molecule has 1 amide bonds. The Kier molecular flexibility index (Phi) is 22.8. The van der Waals surface area contributed by atoms with Crippen LogP contribution in [0.15, 0.2) is 96.6 Å². The number of amides is 1. The van der Waals surface area contributed by atoms with Crippen molar-refractivity contribution >= 4 is 23.3 Å². The molecule has 302 valence electrons. The number of carbonyl (C=O) groups is 4. The van der Waals surface area contributed by atoms with Gasteiger partial charge in [-0.25, -0.2) is 0 Å². The Morgan fingerprint density at radius 3 is 1.62 bits per heavy atom. The minimum Gasteiger partial charge on any atom is -0.495 e. The monoisotopic (exact) mass is 930 g/mol. The SMILES string of the molecule is [CH-]=C(C=[C-]C(=O)C(C)C)NC(=O)c1cc(-c2ccc(CC(C)C)cc2)cn1C.[CH-]=C(C=[C-]C(=O)Cc1ccc(-c2cc(C(=O)C(C)C)n(C)c2)cc1)NC(C)C.[Y].[Y]. The molecular weight excluding hydrogens is 874 g/mol. The average molecular weight is 931 g/mol. The Labute approximate surface area is 396 Å². The molecule has 0 spiro atoms. The summed E-state index contributed by atoms with van der Waals surface area (Å²) in [5, 5.41) is 5.60. The van der Waals surface area contributed by atoms with Crippen molar-refractivity contribution in [3.63, 3.8) is 0 Å². The van der Waals surface area contributed by atoms with Gasteiger partial charge in [0.1, 0.15) is 5.69 Å². The number of carbonyl (C=O) groups excluding carboxylic acids is 4. The van der Waals surface area contributed by atoms with E-state index in [-0.39, 0.29) is 119 Å². The van der Waals surface area contributed by atoms with Crippen molar-refractivity contribution in [2.24, 2.45) is 31.8 Å². The molecule has 4 aromatic rings. The van der Waals surface area contributed by atoms with Gasteiger partial charge >= 0.3 is 0 Å². The van der Waals surface area contributed by atoms with Gasteiger partial charge in [0, 0.05) is 121 Å². The van der Waals surface area contributed by atoms with E-state index in [0.717, 1.165) is 34.2 Å². The van der Waals surface area contributed by atoms with Crippen LogP contribution in [-0.2, 0) is 102 Å². The van der Waals surface area contributed by atoms with E-state index in [1.807, 2.05) is 95.1 Å². The Morgan fingerprint density at radius 2 is 1.14 bits per heavy atom. The second kappa shape index (κ2) is 25.2. The van der Waals surface area contributed by atoms with Gasteiger partial charge in [0.25, 0.3) is 5.91 Å². The van der Waals surface area contributed by atoms with Crippen LogP contribution in [0.5, 0.6) is 0 Å². The fourth-order valence-electron chi connectivity index (χ4n) is 5.65. The number of allylic oxidation sites excluding steroid dienone is 4. The van der Waals surface area contributed by atoms with Gasteiger partial charge in [-0.1, -0.05) is 90.1 Å². The molecule has 0 saturated carbocycles. The molecule has 2 aromatic heterocycles. The van der Waals surface area contributed by atoms with E-state index in [1.165, 1.54) is 17.7 Å². The summed E-state index contributed by atoms with van der Waals surface area (Å²) in [4.78, 5) is 48.4. The smallest absolute Gasteiger partial charge is 0.253 e. The summed E-state index contributed by atoms with van der Waals surface area (Å²) in [5.41, 5.74) is 7.89. The van der Waals surface area contributed by atoms with Gasteiger partial charge in [0.15, 0.2) is 5.78 Å². The molecule has 0 bridgehead atoms. The molecule has 2 heterocycles. The number of hydrogen-bond acceptors (Lipinski definition) is 5. The minimum absolute atomic E-state index is 0. The van der Waals surface area contributed by atoms with Crippen molar-refractivity contribution in [3.05, 3.63) is 144 Å². The molecule has 0 unspecified atom stereocenters. The summed E-state index contributed by atoms with van der Waals surface area (Å²) in [5.74, 6) is -0.103. The topological polar surface area (TPSA) is 102 Å². The predicted molar refractivity (Wildman–Crippen MR) is 225 cm³/mol. The third-order valence-corrected chi connectivity index (χ3v) is 8.60. The second-order valence-electron chi connectivity index (χ2n) is 15.3. The molecule has 2 aromatic carbocycles. The maximum atomic E-state index is 12.5. The van der Waals surface area contributed by atoms with Gasteiger partial charge in [-0.15, -0.1) is 0 Å². The van der Waals surface area contributed by atoms with Crippen LogP contribution in [0.25, 0.3) is 22.3 Å². The Hall–Kier alpha value is -3.55. The van der Waals surface area contributed by atoms with Gasteiger partial charge in [0.2, 0.25) is 0 Å². The molecule has 58 heavy (non-hydrogen) atoms. The number of nitrogens with zero attached hydrogens (tertiary/aromatic N) is 2. The molecule has 0 aliphatic carbocycles. The zero-order valence-corrected chi connectivity index (χ0v) is 41.3. The maximum Gasteiger partial charge on any atom is 0.253 e. The quantitative estimate of drug-likeness (QED) is 0.0477. The molecule has 2 radical (unpaired) electrons. The van der Waals surface area contributed by atoms with Crippen molar-refractivity contribution < 1.29 is 84.6 Å². The van der Waals surface area contributed by atoms with Crippen molar-refractivity contribution in [2.45, 2.75) is 74.3 Å². The normalized spacial score (nSPS) is 11.0. The summed E-state index contributed by atoms with van der Waals surface area (Å²) in [7, 11) is 3.69. The third kappa shape index (κ3) is 17.0. The Balaban J connectivity index is 0.000000561. The van der Waals surface area contributed by atoms with E-state index in [4.69, 9.17) is 13.2 Å².